The summed E-state index contributed by atoms with van der Waals surface area (Å²) in [4.78, 5) is 0. The monoisotopic (exact) mass is 450 g/mol. The van der Waals surface area contributed by atoms with Crippen molar-refractivity contribution >= 4 is 11.6 Å². The largest absolute Gasteiger partial charge is 0.488 e. The van der Waals surface area contributed by atoms with Gasteiger partial charge in [-0.2, -0.15) is 0 Å². The zero-order valence-corrected chi connectivity index (χ0v) is 17.7. The van der Waals surface area contributed by atoms with Crippen LogP contribution in [0.2, 0.25) is 5.02 Å². The maximum absolute atomic E-state index is 10.4. The van der Waals surface area contributed by atoms with Crippen molar-refractivity contribution < 1.29 is 34.6 Å². The van der Waals surface area contributed by atoms with Gasteiger partial charge in [0.15, 0.2) is 0 Å². The minimum atomic E-state index is -1.42. The molecule has 0 spiro atoms. The van der Waals surface area contributed by atoms with Gasteiger partial charge in [0.05, 0.1) is 19.8 Å². The summed E-state index contributed by atoms with van der Waals surface area (Å²) in [7, 11) is 0. The molecule has 1 unspecified atom stereocenters. The second-order valence-electron chi connectivity index (χ2n) is 8.02. The van der Waals surface area contributed by atoms with Crippen LogP contribution < -0.4 is 4.74 Å². The van der Waals surface area contributed by atoms with Crippen molar-refractivity contribution in [1.82, 2.24) is 0 Å². The van der Waals surface area contributed by atoms with Crippen LogP contribution >= 0.6 is 11.6 Å². The van der Waals surface area contributed by atoms with Gasteiger partial charge in [0.2, 0.25) is 0 Å². The average Bonchev–Trinajstić information content (AvgIpc) is 3.28. The lowest BCUT2D eigenvalue weighted by Gasteiger charge is -2.40. The van der Waals surface area contributed by atoms with E-state index in [1.54, 1.807) is 12.1 Å². The van der Waals surface area contributed by atoms with Gasteiger partial charge in [-0.05, 0) is 41.3 Å². The predicted molar refractivity (Wildman–Crippen MR) is 113 cm³/mol. The van der Waals surface area contributed by atoms with Crippen LogP contribution in [0, 0.1) is 0 Å². The fourth-order valence-electron chi connectivity index (χ4n) is 3.99. The molecular formula is C23H27ClO7. The number of aliphatic hydroxyl groups is 4. The fourth-order valence-corrected chi connectivity index (χ4v) is 4.17. The van der Waals surface area contributed by atoms with E-state index < -0.39 is 37.1 Å². The molecule has 31 heavy (non-hydrogen) atoms. The first-order valence-electron chi connectivity index (χ1n) is 10.4. The lowest BCUT2D eigenvalue weighted by Crippen LogP contribution is -2.55. The molecule has 2 aliphatic rings. The van der Waals surface area contributed by atoms with E-state index in [-0.39, 0.29) is 6.10 Å². The maximum Gasteiger partial charge on any atom is 0.124 e. The highest BCUT2D eigenvalue weighted by atomic mass is 35.5. The number of rotatable bonds is 6. The quantitative estimate of drug-likeness (QED) is 0.529. The third kappa shape index (κ3) is 5.04. The summed E-state index contributed by atoms with van der Waals surface area (Å²) in [6.07, 6.45) is -4.46. The number of aliphatic hydroxyl groups excluding tert-OH is 4. The van der Waals surface area contributed by atoms with E-state index >= 15 is 0 Å². The van der Waals surface area contributed by atoms with Gasteiger partial charge in [-0.1, -0.05) is 35.9 Å². The molecular weight excluding hydrogens is 424 g/mol. The van der Waals surface area contributed by atoms with Gasteiger partial charge in [-0.15, -0.1) is 0 Å². The highest BCUT2D eigenvalue weighted by Gasteiger charge is 2.44. The Hall–Kier alpha value is -1.71. The number of halogens is 1. The average molecular weight is 451 g/mol. The smallest absolute Gasteiger partial charge is 0.124 e. The summed E-state index contributed by atoms with van der Waals surface area (Å²) in [5.41, 5.74) is 2.47. The number of benzene rings is 2. The molecule has 0 aromatic heterocycles. The van der Waals surface area contributed by atoms with Crippen molar-refractivity contribution in [3.63, 3.8) is 0 Å². The molecule has 2 fully saturated rings. The first-order chi connectivity index (χ1) is 15.0. The predicted octanol–water partition coefficient (Wildman–Crippen LogP) is 1.61. The van der Waals surface area contributed by atoms with Crippen LogP contribution in [0.5, 0.6) is 5.75 Å². The van der Waals surface area contributed by atoms with Crippen molar-refractivity contribution in [3.05, 3.63) is 64.2 Å². The molecule has 6 atom stereocenters. The van der Waals surface area contributed by atoms with Gasteiger partial charge >= 0.3 is 0 Å². The Labute approximate surface area is 185 Å². The van der Waals surface area contributed by atoms with Crippen molar-refractivity contribution in [2.75, 3.05) is 19.8 Å². The zero-order chi connectivity index (χ0) is 22.0. The number of hydrogen-bond acceptors (Lipinski definition) is 7. The Morgan fingerprint density at radius 3 is 2.45 bits per heavy atom. The molecule has 4 rings (SSSR count). The highest BCUT2D eigenvalue weighted by molar-refractivity contribution is 6.31. The fraction of sp³-hybridized carbons (Fsp3) is 0.478. The summed E-state index contributed by atoms with van der Waals surface area (Å²) < 4.78 is 16.9. The molecule has 7 nitrogen and oxygen atoms in total. The topological polar surface area (TPSA) is 109 Å². The first kappa shape index (κ1) is 22.5. The van der Waals surface area contributed by atoms with Crippen LogP contribution in [0.25, 0.3) is 0 Å². The van der Waals surface area contributed by atoms with E-state index in [1.165, 1.54) is 0 Å². The van der Waals surface area contributed by atoms with Crippen LogP contribution in [0.3, 0.4) is 0 Å². The third-order valence-electron chi connectivity index (χ3n) is 5.80. The molecule has 0 bridgehead atoms. The molecule has 2 aliphatic heterocycles. The normalized spacial score (nSPS) is 31.0. The molecule has 8 heteroatoms. The third-order valence-corrected chi connectivity index (χ3v) is 6.17. The lowest BCUT2D eigenvalue weighted by molar-refractivity contribution is -0.231. The second kappa shape index (κ2) is 9.83. The van der Waals surface area contributed by atoms with Crippen LogP contribution in [-0.4, -0.2) is 70.8 Å². The standard InChI is InChI=1S/C23H27ClO7/c24-18-6-3-14(23-22(28)21(27)20(26)19(11-25)31-23)10-15(18)9-13-1-4-16(5-2-13)30-17-7-8-29-12-17/h1-6,10,17,19-23,25-28H,7-9,11-12H2/t17-,19+,20+,21?,22+,23-/m0/s1. The summed E-state index contributed by atoms with van der Waals surface area (Å²) in [6.45, 7) is 0.872. The Balaban J connectivity index is 1.49. The van der Waals surface area contributed by atoms with Crippen molar-refractivity contribution in [2.45, 2.75) is 49.5 Å². The van der Waals surface area contributed by atoms with Crippen LogP contribution in [0.15, 0.2) is 42.5 Å². The van der Waals surface area contributed by atoms with Crippen molar-refractivity contribution in [3.8, 4) is 5.75 Å². The molecule has 0 radical (unpaired) electrons. The minimum Gasteiger partial charge on any atom is -0.488 e. The van der Waals surface area contributed by atoms with E-state index in [0.29, 0.717) is 23.6 Å². The van der Waals surface area contributed by atoms with E-state index in [2.05, 4.69) is 0 Å². The van der Waals surface area contributed by atoms with Gasteiger partial charge in [0.25, 0.3) is 0 Å². The summed E-state index contributed by atoms with van der Waals surface area (Å²) in [5.74, 6) is 0.792. The molecule has 4 N–H and O–H groups in total. The van der Waals surface area contributed by atoms with E-state index in [0.717, 1.165) is 29.9 Å². The van der Waals surface area contributed by atoms with Crippen LogP contribution in [0.1, 0.15) is 29.2 Å². The summed E-state index contributed by atoms with van der Waals surface area (Å²) >= 11 is 6.40. The summed E-state index contributed by atoms with van der Waals surface area (Å²) in [5, 5.41) is 40.5. The molecule has 2 aromatic carbocycles. The molecule has 168 valence electrons. The molecule has 2 heterocycles. The Morgan fingerprint density at radius 2 is 1.77 bits per heavy atom. The number of hydrogen-bond donors (Lipinski definition) is 4. The van der Waals surface area contributed by atoms with Crippen molar-refractivity contribution in [2.24, 2.45) is 0 Å². The first-order valence-corrected chi connectivity index (χ1v) is 10.8. The molecule has 0 saturated carbocycles. The molecule has 2 saturated heterocycles. The molecule has 2 aromatic rings. The Bertz CT molecular complexity index is 867. The van der Waals surface area contributed by atoms with Gasteiger partial charge in [-0.25, -0.2) is 0 Å². The van der Waals surface area contributed by atoms with Crippen LogP contribution in [0.4, 0.5) is 0 Å². The lowest BCUT2D eigenvalue weighted by atomic mass is 9.90. The number of ether oxygens (including phenoxy) is 3. The minimum absolute atomic E-state index is 0.0931. The maximum atomic E-state index is 10.4. The van der Waals surface area contributed by atoms with Gasteiger partial charge in [0.1, 0.15) is 42.4 Å². The summed E-state index contributed by atoms with van der Waals surface area (Å²) in [6, 6.07) is 13.0. The highest BCUT2D eigenvalue weighted by Crippen LogP contribution is 2.34. The van der Waals surface area contributed by atoms with Gasteiger partial charge in [0, 0.05) is 11.4 Å². The Morgan fingerprint density at radius 1 is 1.00 bits per heavy atom. The molecule has 0 amide bonds. The van der Waals surface area contributed by atoms with E-state index in [1.807, 2.05) is 30.3 Å². The van der Waals surface area contributed by atoms with Crippen molar-refractivity contribution in [1.29, 1.82) is 0 Å². The van der Waals surface area contributed by atoms with Crippen LogP contribution in [-0.2, 0) is 15.9 Å². The zero-order valence-electron chi connectivity index (χ0n) is 16.9. The van der Waals surface area contributed by atoms with E-state index in [9.17, 15) is 20.4 Å². The molecule has 0 aliphatic carbocycles. The second-order valence-corrected chi connectivity index (χ2v) is 8.43. The van der Waals surface area contributed by atoms with Gasteiger partial charge < -0.3 is 34.6 Å². The van der Waals surface area contributed by atoms with Gasteiger partial charge in [-0.3, -0.25) is 0 Å². The van der Waals surface area contributed by atoms with E-state index in [4.69, 9.17) is 25.8 Å². The SMILES string of the molecule is OC[C@H]1O[C@@H](c2ccc(Cl)c(Cc3ccc(O[C@H]4CCOC4)cc3)c2)[C@H](O)C(O)[C@@H]1O. The Kier molecular flexibility index (Phi) is 7.13.